The zero-order chi connectivity index (χ0) is 36.7. The molecule has 0 saturated heterocycles. The largest absolute Gasteiger partial charge is 0.481 e. The molecule has 1 aromatic heterocycles. The van der Waals surface area contributed by atoms with Crippen LogP contribution in [0.15, 0.2) is 77.7 Å². The van der Waals surface area contributed by atoms with Crippen LogP contribution in [0.4, 0.5) is 5.69 Å². The van der Waals surface area contributed by atoms with Crippen LogP contribution in [0.5, 0.6) is 0 Å². The van der Waals surface area contributed by atoms with E-state index in [4.69, 9.17) is 10.2 Å². The average molecular weight is 731 g/mol. The number of carbonyl (C=O) groups excluding carboxylic acids is 2. The Morgan fingerprint density at radius 2 is 1.51 bits per heavy atom. The highest BCUT2D eigenvalue weighted by Crippen LogP contribution is 2.36. The number of amides is 1. The number of aryl methyl sites for hydroxylation is 3. The summed E-state index contributed by atoms with van der Waals surface area (Å²) in [6.45, 7) is 3.48. The number of nitrogens with zero attached hydrogens (tertiary/aromatic N) is 1. The molecule has 0 radical (unpaired) electrons. The first-order valence-corrected chi connectivity index (χ1v) is 19.3. The fourth-order valence-corrected chi connectivity index (χ4v) is 9.43. The Kier molecular flexibility index (Phi) is 12.2. The smallest absolute Gasteiger partial charge is 0.335 e. The zero-order valence-corrected chi connectivity index (χ0v) is 30.3. The summed E-state index contributed by atoms with van der Waals surface area (Å²) in [7, 11) is -4.00. The highest BCUT2D eigenvalue weighted by atomic mass is 32.2. The maximum absolute atomic E-state index is 13.8. The summed E-state index contributed by atoms with van der Waals surface area (Å²) in [4.78, 5) is 51.4. The minimum Gasteiger partial charge on any atom is -0.481 e. The van der Waals surface area contributed by atoms with Crippen LogP contribution < -0.4 is 5.32 Å². The Labute approximate surface area is 302 Å². The number of hydrogen-bond acceptors (Lipinski definition) is 7. The van der Waals surface area contributed by atoms with E-state index in [1.54, 1.807) is 32.0 Å². The third-order valence-corrected chi connectivity index (χ3v) is 12.4. The molecular weight excluding hydrogens is 689 g/mol. The van der Waals surface area contributed by atoms with Gasteiger partial charge in [-0.25, -0.2) is 13.2 Å². The summed E-state index contributed by atoms with van der Waals surface area (Å²) in [5, 5.41) is 21.2. The lowest BCUT2D eigenvalue weighted by Crippen LogP contribution is -2.38. The number of aromatic carboxylic acids is 1. The second-order valence-electron chi connectivity index (χ2n) is 13.0. The number of thiophene rings is 1. The Morgan fingerprint density at radius 3 is 2.14 bits per heavy atom. The van der Waals surface area contributed by atoms with E-state index in [0.717, 1.165) is 60.1 Å². The third-order valence-electron chi connectivity index (χ3n) is 9.02. The molecule has 1 amide bonds. The van der Waals surface area contributed by atoms with Crippen molar-refractivity contribution in [2.45, 2.75) is 82.6 Å². The number of Topliss-reactive ketones (excluding diaryl/α,β-unsaturated/α-hetero) is 1. The van der Waals surface area contributed by atoms with Gasteiger partial charge in [-0.15, -0.1) is 11.3 Å². The van der Waals surface area contributed by atoms with Gasteiger partial charge in [0.05, 0.1) is 16.0 Å². The number of sulfonamides is 1. The van der Waals surface area contributed by atoms with E-state index >= 15 is 0 Å². The van der Waals surface area contributed by atoms with E-state index in [-0.39, 0.29) is 53.5 Å². The van der Waals surface area contributed by atoms with Gasteiger partial charge in [-0.3, -0.25) is 14.4 Å². The Morgan fingerprint density at radius 1 is 0.863 bits per heavy atom. The quantitative estimate of drug-likeness (QED) is 0.104. The highest BCUT2D eigenvalue weighted by molar-refractivity contribution is 7.89. The first-order valence-electron chi connectivity index (χ1n) is 17.1. The molecule has 4 aromatic rings. The van der Waals surface area contributed by atoms with Crippen LogP contribution in [0.1, 0.15) is 97.0 Å². The van der Waals surface area contributed by atoms with Crippen molar-refractivity contribution in [3.63, 3.8) is 0 Å². The number of fused-ring (bicyclic) bond motifs is 1. The summed E-state index contributed by atoms with van der Waals surface area (Å²) >= 11 is 1.47. The van der Waals surface area contributed by atoms with Crippen molar-refractivity contribution < 1.29 is 37.8 Å². The molecule has 0 bridgehead atoms. The monoisotopic (exact) mass is 730 g/mol. The molecule has 0 atom stereocenters. The van der Waals surface area contributed by atoms with Gasteiger partial charge in [-0.2, -0.15) is 4.31 Å². The standard InChI is InChI=1S/C39H42N2O8S2/c1-25(2)41(22-6-11-36(43)44)51(48,49)31-8-5-7-29(23-31)33(42)24-35-37(32-9-3-4-10-34(32)50-35)38(45)40-30-20-16-27(17-21-30)13-12-26-14-18-28(19-15-26)39(46)47/h5,7-8,14-21,23,25H,3-4,6,9-13,22,24H2,1-2H3,(H,40,45)(H,43,44)(H,46,47). The summed E-state index contributed by atoms with van der Waals surface area (Å²) in [5.74, 6) is -2.54. The maximum Gasteiger partial charge on any atom is 0.335 e. The normalized spacial score (nSPS) is 12.9. The Bertz CT molecular complexity index is 2020. The second kappa shape index (κ2) is 16.6. The molecule has 268 valence electrons. The van der Waals surface area contributed by atoms with Crippen LogP contribution in [-0.2, 0) is 46.9 Å². The lowest BCUT2D eigenvalue weighted by atomic mass is 9.93. The summed E-state index contributed by atoms with van der Waals surface area (Å²) in [6.07, 6.45) is 4.97. The van der Waals surface area contributed by atoms with Crippen LogP contribution in [0, 0.1) is 0 Å². The van der Waals surface area contributed by atoms with Crippen LogP contribution in [0.2, 0.25) is 0 Å². The number of carboxylic acids is 2. The van der Waals surface area contributed by atoms with Gasteiger partial charge in [0.15, 0.2) is 5.78 Å². The number of anilines is 1. The molecule has 1 aliphatic carbocycles. The minimum atomic E-state index is -4.00. The van der Waals surface area contributed by atoms with Gasteiger partial charge in [0.1, 0.15) is 0 Å². The van der Waals surface area contributed by atoms with E-state index in [1.807, 2.05) is 36.4 Å². The number of hydrogen-bond donors (Lipinski definition) is 3. The van der Waals surface area contributed by atoms with E-state index in [2.05, 4.69) is 5.32 Å². The van der Waals surface area contributed by atoms with E-state index in [1.165, 1.54) is 33.8 Å². The van der Waals surface area contributed by atoms with Gasteiger partial charge in [-0.1, -0.05) is 36.4 Å². The van der Waals surface area contributed by atoms with Gasteiger partial charge in [0, 0.05) is 46.4 Å². The molecule has 5 rings (SSSR count). The highest BCUT2D eigenvalue weighted by Gasteiger charge is 2.29. The fraction of sp³-hybridized carbons (Fsp3) is 0.333. The van der Waals surface area contributed by atoms with Crippen molar-refractivity contribution in [3.8, 4) is 0 Å². The van der Waals surface area contributed by atoms with Crippen LogP contribution in [-0.4, -0.2) is 59.2 Å². The van der Waals surface area contributed by atoms with Gasteiger partial charge < -0.3 is 15.5 Å². The van der Waals surface area contributed by atoms with Gasteiger partial charge in [0.2, 0.25) is 10.0 Å². The molecule has 1 aliphatic rings. The first kappa shape index (κ1) is 37.6. The Hall–Kier alpha value is -4.65. The lowest BCUT2D eigenvalue weighted by Gasteiger charge is -2.26. The van der Waals surface area contributed by atoms with Gasteiger partial charge >= 0.3 is 11.9 Å². The number of nitrogens with one attached hydrogen (secondary N) is 1. The second-order valence-corrected chi connectivity index (χ2v) is 16.1. The number of ketones is 1. The first-order chi connectivity index (χ1) is 24.3. The molecule has 0 spiro atoms. The maximum atomic E-state index is 13.8. The van der Waals surface area contributed by atoms with Crippen molar-refractivity contribution in [1.29, 1.82) is 0 Å². The van der Waals surface area contributed by atoms with Crippen molar-refractivity contribution >= 4 is 50.7 Å². The molecule has 0 fully saturated rings. The molecule has 3 aromatic carbocycles. The molecule has 10 nitrogen and oxygen atoms in total. The SMILES string of the molecule is CC(C)N(CCCC(=O)O)S(=O)(=O)c1cccc(C(=O)Cc2sc3c(c2C(=O)Nc2ccc(CCc4ccc(C(=O)O)cc4)cc2)CCCC3)c1. The molecule has 1 heterocycles. The molecule has 0 saturated carbocycles. The molecule has 3 N–H and O–H groups in total. The van der Waals surface area contributed by atoms with Crippen molar-refractivity contribution in [1.82, 2.24) is 4.31 Å². The molecule has 0 unspecified atom stereocenters. The number of aliphatic carboxylic acids is 1. The predicted octanol–water partition coefficient (Wildman–Crippen LogP) is 7.05. The lowest BCUT2D eigenvalue weighted by molar-refractivity contribution is -0.137. The minimum absolute atomic E-state index is 0.0387. The molecule has 0 aliphatic heterocycles. The van der Waals surface area contributed by atoms with E-state index in [9.17, 15) is 27.6 Å². The number of rotatable bonds is 16. The average Bonchev–Trinajstić information content (AvgIpc) is 3.47. The summed E-state index contributed by atoms with van der Waals surface area (Å²) < 4.78 is 28.4. The van der Waals surface area contributed by atoms with Crippen LogP contribution in [0.25, 0.3) is 0 Å². The third kappa shape index (κ3) is 9.37. The fourth-order valence-electron chi connectivity index (χ4n) is 6.32. The summed E-state index contributed by atoms with van der Waals surface area (Å²) in [5.41, 5.74) is 4.68. The number of carboxylic acid groups (broad SMARTS) is 2. The predicted molar refractivity (Wildman–Crippen MR) is 197 cm³/mol. The zero-order valence-electron chi connectivity index (χ0n) is 28.7. The Balaban J connectivity index is 1.30. The van der Waals surface area contributed by atoms with Crippen molar-refractivity contribution in [2.75, 3.05) is 11.9 Å². The summed E-state index contributed by atoms with van der Waals surface area (Å²) in [6, 6.07) is 19.9. The molecule has 12 heteroatoms. The molecule has 51 heavy (non-hydrogen) atoms. The number of benzene rings is 3. The van der Waals surface area contributed by atoms with E-state index in [0.29, 0.717) is 16.1 Å². The van der Waals surface area contributed by atoms with Gasteiger partial charge in [-0.05, 0) is 112 Å². The van der Waals surface area contributed by atoms with Crippen LogP contribution in [0.3, 0.4) is 0 Å². The van der Waals surface area contributed by atoms with Crippen molar-refractivity contribution in [3.05, 3.63) is 116 Å². The topological polar surface area (TPSA) is 158 Å². The van der Waals surface area contributed by atoms with Gasteiger partial charge in [0.25, 0.3) is 5.91 Å². The van der Waals surface area contributed by atoms with E-state index < -0.39 is 28.0 Å². The number of carbonyl (C=O) groups is 4. The molecular formula is C39H42N2O8S2. The van der Waals surface area contributed by atoms with Crippen LogP contribution >= 0.6 is 11.3 Å². The van der Waals surface area contributed by atoms with Crippen molar-refractivity contribution in [2.24, 2.45) is 0 Å².